The lowest BCUT2D eigenvalue weighted by atomic mass is 9.47. The Morgan fingerprint density at radius 3 is 2.45 bits per heavy atom. The van der Waals surface area contributed by atoms with E-state index in [-0.39, 0.29) is 29.4 Å². The van der Waals surface area contributed by atoms with E-state index >= 15 is 0 Å². The first-order chi connectivity index (χ1) is 13.8. The number of carbonyl (C=O) groups is 3. The molecule has 0 aromatic carbocycles. The van der Waals surface area contributed by atoms with Gasteiger partial charge in [-0.3, -0.25) is 14.4 Å². The minimum Gasteiger partial charge on any atom is -0.452 e. The van der Waals surface area contributed by atoms with Gasteiger partial charge in [-0.05, 0) is 83.0 Å². The fourth-order valence-electron chi connectivity index (χ4n) is 7.31. The second-order valence-corrected chi connectivity index (χ2v) is 10.3. The number of nitrogens with zero attached hydrogens (tertiary/aromatic N) is 1. The number of esters is 1. The van der Waals surface area contributed by atoms with Gasteiger partial charge in [-0.1, -0.05) is 6.92 Å². The van der Waals surface area contributed by atoms with Gasteiger partial charge >= 0.3 is 5.97 Å². The van der Waals surface area contributed by atoms with Crippen LogP contribution in [0.3, 0.4) is 0 Å². The number of ether oxygens (including phenoxy) is 1. The molecule has 0 aromatic heterocycles. The van der Waals surface area contributed by atoms with Crippen LogP contribution in [0.5, 0.6) is 0 Å². The van der Waals surface area contributed by atoms with Gasteiger partial charge in [0.05, 0.1) is 5.41 Å². The lowest BCUT2D eigenvalue weighted by Gasteiger charge is -2.60. The van der Waals surface area contributed by atoms with E-state index < -0.39 is 11.5 Å². The summed E-state index contributed by atoms with van der Waals surface area (Å²) in [6, 6.07) is 0.264. The van der Waals surface area contributed by atoms with E-state index in [1.807, 2.05) is 4.90 Å². The van der Waals surface area contributed by atoms with E-state index in [4.69, 9.17) is 4.74 Å². The van der Waals surface area contributed by atoms with Gasteiger partial charge in [0, 0.05) is 25.0 Å². The summed E-state index contributed by atoms with van der Waals surface area (Å²) in [5.74, 6) is 0.648. The molecule has 4 unspecified atom stereocenters. The van der Waals surface area contributed by atoms with Crippen LogP contribution in [0.4, 0.5) is 0 Å². The molecular formula is C23H36N2O4. The molecule has 5 rings (SSSR count). The molecule has 5 fully saturated rings. The van der Waals surface area contributed by atoms with Crippen molar-refractivity contribution < 1.29 is 19.1 Å². The maximum Gasteiger partial charge on any atom is 0.312 e. The molecule has 1 saturated heterocycles. The van der Waals surface area contributed by atoms with Gasteiger partial charge in [0.1, 0.15) is 0 Å². The van der Waals surface area contributed by atoms with Crippen molar-refractivity contribution >= 4 is 17.8 Å². The molecule has 4 bridgehead atoms. The average molecular weight is 405 g/mol. The molecule has 4 atom stereocenters. The Balaban J connectivity index is 1.46. The highest BCUT2D eigenvalue weighted by Crippen LogP contribution is 2.62. The van der Waals surface area contributed by atoms with Gasteiger partial charge in [-0.25, -0.2) is 0 Å². The smallest absolute Gasteiger partial charge is 0.312 e. The highest BCUT2D eigenvalue weighted by Gasteiger charge is 2.61. The summed E-state index contributed by atoms with van der Waals surface area (Å²) in [5, 5.41) is 3.19. The predicted octanol–water partition coefficient (Wildman–Crippen LogP) is 3.18. The molecule has 0 spiro atoms. The molecule has 6 heteroatoms. The van der Waals surface area contributed by atoms with E-state index in [1.165, 1.54) is 0 Å². The van der Waals surface area contributed by atoms with Crippen LogP contribution < -0.4 is 5.32 Å². The SMILES string of the molecule is CCC1CCCCN1C(=O)C(C)OC(=O)C12CC3CC(CC(NC(C)=O)(C3)C1)C2. The number of carbonyl (C=O) groups excluding carboxylic acids is 3. The molecule has 0 radical (unpaired) electrons. The van der Waals surface area contributed by atoms with Crippen molar-refractivity contribution in [3.05, 3.63) is 0 Å². The monoisotopic (exact) mass is 404 g/mol. The molecule has 6 nitrogen and oxygen atoms in total. The number of piperidine rings is 1. The van der Waals surface area contributed by atoms with Crippen LogP contribution in [0.25, 0.3) is 0 Å². The van der Waals surface area contributed by atoms with Crippen LogP contribution >= 0.6 is 0 Å². The quantitative estimate of drug-likeness (QED) is 0.714. The van der Waals surface area contributed by atoms with Gasteiger partial charge < -0.3 is 15.0 Å². The Kier molecular flexibility index (Phi) is 5.41. The van der Waals surface area contributed by atoms with E-state index in [2.05, 4.69) is 12.2 Å². The second-order valence-electron chi connectivity index (χ2n) is 10.3. The van der Waals surface area contributed by atoms with Crippen LogP contribution in [-0.2, 0) is 19.1 Å². The van der Waals surface area contributed by atoms with Crippen LogP contribution in [0, 0.1) is 17.3 Å². The summed E-state index contributed by atoms with van der Waals surface area (Å²) in [6.07, 6.45) is 8.86. The molecule has 1 heterocycles. The normalized spacial score (nSPS) is 39.1. The minimum absolute atomic E-state index is 0.0188. The fourth-order valence-corrected chi connectivity index (χ4v) is 7.31. The molecular weight excluding hydrogens is 368 g/mol. The van der Waals surface area contributed by atoms with E-state index in [0.717, 1.165) is 64.3 Å². The molecule has 162 valence electrons. The first-order valence-corrected chi connectivity index (χ1v) is 11.6. The van der Waals surface area contributed by atoms with Crippen LogP contribution in [0.15, 0.2) is 0 Å². The van der Waals surface area contributed by atoms with Crippen molar-refractivity contribution in [3.63, 3.8) is 0 Å². The maximum atomic E-state index is 13.4. The summed E-state index contributed by atoms with van der Waals surface area (Å²) in [5.41, 5.74) is -0.796. The van der Waals surface area contributed by atoms with Gasteiger partial charge in [-0.15, -0.1) is 0 Å². The summed E-state index contributed by atoms with van der Waals surface area (Å²) in [4.78, 5) is 40.2. The molecule has 5 aliphatic rings. The zero-order chi connectivity index (χ0) is 20.8. The molecule has 1 N–H and O–H groups in total. The summed E-state index contributed by atoms with van der Waals surface area (Å²) in [7, 11) is 0. The zero-order valence-corrected chi connectivity index (χ0v) is 18.2. The Bertz CT molecular complexity index is 676. The third kappa shape index (κ3) is 3.79. The van der Waals surface area contributed by atoms with E-state index in [9.17, 15) is 14.4 Å². The number of likely N-dealkylation sites (tertiary alicyclic amines) is 1. The van der Waals surface area contributed by atoms with Crippen LogP contribution in [-0.4, -0.2) is 46.9 Å². The molecule has 2 amide bonds. The average Bonchev–Trinajstić information content (AvgIpc) is 2.65. The predicted molar refractivity (Wildman–Crippen MR) is 109 cm³/mol. The lowest BCUT2D eigenvalue weighted by Crippen LogP contribution is -2.65. The first kappa shape index (κ1) is 20.7. The Labute approximate surface area is 174 Å². The Morgan fingerprint density at radius 1 is 1.14 bits per heavy atom. The van der Waals surface area contributed by atoms with Crippen molar-refractivity contribution in [3.8, 4) is 0 Å². The third-order valence-electron chi connectivity index (χ3n) is 7.95. The Hall–Kier alpha value is -1.59. The van der Waals surface area contributed by atoms with Gasteiger partial charge in [-0.2, -0.15) is 0 Å². The first-order valence-electron chi connectivity index (χ1n) is 11.6. The molecule has 29 heavy (non-hydrogen) atoms. The van der Waals surface area contributed by atoms with Gasteiger partial charge in [0.2, 0.25) is 5.91 Å². The summed E-state index contributed by atoms with van der Waals surface area (Å²) >= 11 is 0. The van der Waals surface area contributed by atoms with Gasteiger partial charge in [0.25, 0.3) is 5.91 Å². The van der Waals surface area contributed by atoms with Crippen LogP contribution in [0.1, 0.15) is 85.0 Å². The topological polar surface area (TPSA) is 75.7 Å². The summed E-state index contributed by atoms with van der Waals surface area (Å²) in [6.45, 7) is 6.17. The number of rotatable bonds is 5. The standard InChI is InChI=1S/C23H36N2O4/c1-4-19-7-5-6-8-25(19)20(27)15(2)29-21(28)22-10-17-9-18(11-22)13-23(12-17,14-22)24-16(3)26/h15,17-19H,4-14H2,1-3H3,(H,24,26). The van der Waals surface area contributed by atoms with Crippen molar-refractivity contribution in [1.29, 1.82) is 0 Å². The summed E-state index contributed by atoms with van der Waals surface area (Å²) < 4.78 is 5.85. The number of hydrogen-bond donors (Lipinski definition) is 1. The minimum atomic E-state index is -0.737. The molecule has 1 aliphatic heterocycles. The third-order valence-corrected chi connectivity index (χ3v) is 7.95. The van der Waals surface area contributed by atoms with E-state index in [0.29, 0.717) is 18.3 Å². The van der Waals surface area contributed by atoms with Crippen molar-refractivity contribution in [2.75, 3.05) is 6.54 Å². The van der Waals surface area contributed by atoms with Crippen molar-refractivity contribution in [1.82, 2.24) is 10.2 Å². The molecule has 4 aliphatic carbocycles. The van der Waals surface area contributed by atoms with Gasteiger partial charge in [0.15, 0.2) is 6.10 Å². The van der Waals surface area contributed by atoms with E-state index in [1.54, 1.807) is 13.8 Å². The Morgan fingerprint density at radius 2 is 1.83 bits per heavy atom. The lowest BCUT2D eigenvalue weighted by molar-refractivity contribution is -0.184. The maximum absolute atomic E-state index is 13.4. The molecule has 4 saturated carbocycles. The highest BCUT2D eigenvalue weighted by atomic mass is 16.5. The number of nitrogens with one attached hydrogen (secondary N) is 1. The highest BCUT2D eigenvalue weighted by molar-refractivity contribution is 5.86. The van der Waals surface area contributed by atoms with Crippen molar-refractivity contribution in [2.24, 2.45) is 17.3 Å². The number of amides is 2. The fraction of sp³-hybridized carbons (Fsp3) is 0.870. The second kappa shape index (κ2) is 7.59. The zero-order valence-electron chi connectivity index (χ0n) is 18.2. The van der Waals surface area contributed by atoms with Crippen LogP contribution in [0.2, 0.25) is 0 Å². The molecule has 0 aromatic rings. The largest absolute Gasteiger partial charge is 0.452 e. The number of hydrogen-bond acceptors (Lipinski definition) is 4. The van der Waals surface area contributed by atoms with Crippen molar-refractivity contribution in [2.45, 2.75) is 103 Å².